The van der Waals surface area contributed by atoms with Gasteiger partial charge < -0.3 is 0 Å². The van der Waals surface area contributed by atoms with Gasteiger partial charge in [-0.25, -0.2) is 9.67 Å². The lowest BCUT2D eigenvalue weighted by atomic mass is 10.2. The van der Waals surface area contributed by atoms with Gasteiger partial charge in [0.25, 0.3) is 5.91 Å². The molecule has 5 nitrogen and oxygen atoms in total. The van der Waals surface area contributed by atoms with E-state index >= 15 is 0 Å². The second kappa shape index (κ2) is 7.21. The number of hydrogen-bond donors (Lipinski definition) is 1. The minimum absolute atomic E-state index is 0.211. The standard InChI is InChI=1S/C18H11F3N4OS2/c19-18(20,21)15-12(9-22-25(15)11-5-2-1-3-6-11)16(26)24-17-23-13(10-28-17)14-7-4-8-27-14/h1-10H,(H,23,24,26). The van der Waals surface area contributed by atoms with Crippen molar-refractivity contribution >= 4 is 33.7 Å². The van der Waals surface area contributed by atoms with E-state index in [0.717, 1.165) is 22.4 Å². The lowest BCUT2D eigenvalue weighted by molar-refractivity contribution is -0.143. The lowest BCUT2D eigenvalue weighted by Gasteiger charge is -2.12. The number of nitrogens with one attached hydrogen (secondary N) is 1. The van der Waals surface area contributed by atoms with Crippen LogP contribution in [0.1, 0.15) is 16.1 Å². The Morgan fingerprint density at radius 1 is 1.07 bits per heavy atom. The van der Waals surface area contributed by atoms with Crippen LogP contribution in [0.4, 0.5) is 18.3 Å². The van der Waals surface area contributed by atoms with Crippen LogP contribution in [0, 0.1) is 0 Å². The number of carbonyl (C=O) groups is 1. The van der Waals surface area contributed by atoms with Crippen LogP contribution in [0.5, 0.6) is 0 Å². The lowest BCUT2D eigenvalue weighted by Crippen LogP contribution is -2.20. The van der Waals surface area contributed by atoms with Crippen molar-refractivity contribution in [1.29, 1.82) is 0 Å². The van der Waals surface area contributed by atoms with E-state index in [2.05, 4.69) is 15.4 Å². The highest BCUT2D eigenvalue weighted by molar-refractivity contribution is 7.16. The SMILES string of the molecule is O=C(Nc1nc(-c2cccs2)cs1)c1cnn(-c2ccccc2)c1C(F)(F)F. The highest BCUT2D eigenvalue weighted by atomic mass is 32.1. The summed E-state index contributed by atoms with van der Waals surface area (Å²) in [5, 5.41) is 10.1. The normalized spacial score (nSPS) is 11.5. The topological polar surface area (TPSA) is 59.8 Å². The molecule has 0 radical (unpaired) electrons. The van der Waals surface area contributed by atoms with Gasteiger partial charge in [-0.1, -0.05) is 24.3 Å². The average Bonchev–Trinajstić information content (AvgIpc) is 3.41. The van der Waals surface area contributed by atoms with E-state index in [1.165, 1.54) is 23.5 Å². The number of hydrogen-bond acceptors (Lipinski definition) is 5. The first-order valence-electron chi connectivity index (χ1n) is 7.95. The number of alkyl halides is 3. The maximum absolute atomic E-state index is 13.7. The Labute approximate surface area is 165 Å². The third-order valence-corrected chi connectivity index (χ3v) is 5.43. The fraction of sp³-hybridized carbons (Fsp3) is 0.0556. The molecule has 0 bridgehead atoms. The van der Waals surface area contributed by atoms with Crippen molar-refractivity contribution in [3.8, 4) is 16.3 Å². The first-order valence-corrected chi connectivity index (χ1v) is 9.71. The number of nitrogens with zero attached hydrogens (tertiary/aromatic N) is 3. The average molecular weight is 420 g/mol. The highest BCUT2D eigenvalue weighted by Crippen LogP contribution is 2.34. The number of benzene rings is 1. The molecular formula is C18H11F3N4OS2. The number of thiophene rings is 1. The Morgan fingerprint density at radius 3 is 2.54 bits per heavy atom. The number of anilines is 1. The van der Waals surface area contributed by atoms with Crippen LogP contribution in [0.15, 0.2) is 59.4 Å². The van der Waals surface area contributed by atoms with Crippen molar-refractivity contribution in [2.45, 2.75) is 6.18 Å². The Kier molecular flexibility index (Phi) is 4.73. The number of carbonyl (C=O) groups excluding carboxylic acids is 1. The maximum Gasteiger partial charge on any atom is 0.434 e. The van der Waals surface area contributed by atoms with Gasteiger partial charge in [0.15, 0.2) is 10.8 Å². The van der Waals surface area contributed by atoms with Crippen LogP contribution in [0.2, 0.25) is 0 Å². The Hall–Kier alpha value is -2.98. The molecule has 1 N–H and O–H groups in total. The number of amides is 1. The molecule has 0 aliphatic carbocycles. The predicted molar refractivity (Wildman–Crippen MR) is 102 cm³/mol. The Morgan fingerprint density at radius 2 is 1.86 bits per heavy atom. The Balaban J connectivity index is 1.65. The second-order valence-electron chi connectivity index (χ2n) is 5.62. The minimum Gasteiger partial charge on any atom is -0.298 e. The third kappa shape index (κ3) is 3.56. The van der Waals surface area contributed by atoms with Gasteiger partial charge in [0.1, 0.15) is 0 Å². The van der Waals surface area contributed by atoms with Crippen molar-refractivity contribution in [2.75, 3.05) is 5.32 Å². The fourth-order valence-electron chi connectivity index (χ4n) is 2.59. The largest absolute Gasteiger partial charge is 0.434 e. The van der Waals surface area contributed by atoms with Crippen LogP contribution in [0.3, 0.4) is 0 Å². The molecule has 0 spiro atoms. The molecule has 1 amide bonds. The summed E-state index contributed by atoms with van der Waals surface area (Å²) in [6.07, 6.45) is -3.84. The zero-order valence-corrected chi connectivity index (χ0v) is 15.6. The molecule has 4 aromatic rings. The molecule has 0 aliphatic rings. The maximum atomic E-state index is 13.7. The molecule has 0 atom stereocenters. The van der Waals surface area contributed by atoms with Gasteiger partial charge >= 0.3 is 6.18 Å². The van der Waals surface area contributed by atoms with Crippen molar-refractivity contribution in [3.05, 3.63) is 70.7 Å². The van der Waals surface area contributed by atoms with Crippen molar-refractivity contribution in [3.63, 3.8) is 0 Å². The van der Waals surface area contributed by atoms with E-state index < -0.39 is 23.3 Å². The van der Waals surface area contributed by atoms with Crippen molar-refractivity contribution < 1.29 is 18.0 Å². The van der Waals surface area contributed by atoms with Crippen LogP contribution in [0.25, 0.3) is 16.3 Å². The third-order valence-electron chi connectivity index (χ3n) is 3.78. The molecule has 1 aromatic carbocycles. The molecule has 0 aliphatic heterocycles. The predicted octanol–water partition coefficient (Wildman–Crippen LogP) is 5.33. The molecule has 0 saturated heterocycles. The van der Waals surface area contributed by atoms with Crippen LogP contribution >= 0.6 is 22.7 Å². The first kappa shape index (κ1) is 18.4. The molecule has 10 heteroatoms. The smallest absolute Gasteiger partial charge is 0.298 e. The van der Waals surface area contributed by atoms with Gasteiger partial charge in [-0.05, 0) is 23.6 Å². The summed E-state index contributed by atoms with van der Waals surface area (Å²) >= 11 is 2.62. The fourth-order valence-corrected chi connectivity index (χ4v) is 4.05. The van der Waals surface area contributed by atoms with E-state index in [9.17, 15) is 18.0 Å². The number of rotatable bonds is 4. The molecule has 0 unspecified atom stereocenters. The molecule has 3 aromatic heterocycles. The van der Waals surface area contributed by atoms with Crippen molar-refractivity contribution in [2.24, 2.45) is 0 Å². The monoisotopic (exact) mass is 420 g/mol. The second-order valence-corrected chi connectivity index (χ2v) is 7.43. The van der Waals surface area contributed by atoms with Gasteiger partial charge in [0.05, 0.1) is 28.0 Å². The molecule has 3 heterocycles. The summed E-state index contributed by atoms with van der Waals surface area (Å²) in [6, 6.07) is 11.6. The van der Waals surface area contributed by atoms with Gasteiger partial charge in [-0.2, -0.15) is 18.3 Å². The van der Waals surface area contributed by atoms with Crippen LogP contribution < -0.4 is 5.32 Å². The zero-order valence-electron chi connectivity index (χ0n) is 14.0. The van der Waals surface area contributed by atoms with E-state index in [1.54, 1.807) is 23.6 Å². The van der Waals surface area contributed by atoms with Crippen LogP contribution in [-0.4, -0.2) is 20.7 Å². The molecule has 4 rings (SSSR count). The summed E-state index contributed by atoms with van der Waals surface area (Å²) in [6.45, 7) is 0. The molecular weight excluding hydrogens is 409 g/mol. The van der Waals surface area contributed by atoms with Gasteiger partial charge in [-0.3, -0.25) is 10.1 Å². The Bertz CT molecular complexity index is 1100. The minimum atomic E-state index is -4.76. The van der Waals surface area contributed by atoms with Gasteiger partial charge in [0.2, 0.25) is 0 Å². The quantitative estimate of drug-likeness (QED) is 0.486. The number of thiazole rings is 1. The van der Waals surface area contributed by atoms with E-state index in [1.807, 2.05) is 17.5 Å². The van der Waals surface area contributed by atoms with Gasteiger partial charge in [-0.15, -0.1) is 22.7 Å². The molecule has 0 saturated carbocycles. The van der Waals surface area contributed by atoms with E-state index in [-0.39, 0.29) is 10.8 Å². The molecule has 28 heavy (non-hydrogen) atoms. The van der Waals surface area contributed by atoms with E-state index in [0.29, 0.717) is 10.4 Å². The summed E-state index contributed by atoms with van der Waals surface area (Å²) < 4.78 is 41.7. The van der Waals surface area contributed by atoms with Crippen LogP contribution in [-0.2, 0) is 6.18 Å². The van der Waals surface area contributed by atoms with Crippen molar-refractivity contribution in [1.82, 2.24) is 14.8 Å². The summed E-state index contributed by atoms with van der Waals surface area (Å²) in [7, 11) is 0. The number of halogens is 3. The molecule has 142 valence electrons. The number of para-hydroxylation sites is 1. The zero-order chi connectivity index (χ0) is 19.7. The van der Waals surface area contributed by atoms with Gasteiger partial charge in [0, 0.05) is 5.38 Å². The summed E-state index contributed by atoms with van der Waals surface area (Å²) in [4.78, 5) is 17.7. The summed E-state index contributed by atoms with van der Waals surface area (Å²) in [5.41, 5.74) is -0.829. The number of aromatic nitrogens is 3. The summed E-state index contributed by atoms with van der Waals surface area (Å²) in [5.74, 6) is -0.915. The highest BCUT2D eigenvalue weighted by Gasteiger charge is 2.40. The van der Waals surface area contributed by atoms with E-state index in [4.69, 9.17) is 0 Å². The first-order chi connectivity index (χ1) is 13.4. The molecule has 0 fully saturated rings.